The van der Waals surface area contributed by atoms with Gasteiger partial charge in [-0.15, -0.1) is 11.8 Å². The average molecular weight is 559 g/mol. The van der Waals surface area contributed by atoms with E-state index in [1.807, 2.05) is 6.92 Å². The molecule has 3 N–H and O–H groups in total. The van der Waals surface area contributed by atoms with Crippen LogP contribution in [0.2, 0.25) is 5.02 Å². The Kier molecular flexibility index (Phi) is 7.63. The summed E-state index contributed by atoms with van der Waals surface area (Å²) in [6, 6.07) is 6.18. The zero-order chi connectivity index (χ0) is 23.8. The number of likely N-dealkylation sites (tertiary alicyclic amines) is 1. The predicted molar refractivity (Wildman–Crippen MR) is 134 cm³/mol. The van der Waals surface area contributed by atoms with Crippen LogP contribution < -0.4 is 10.6 Å². The van der Waals surface area contributed by atoms with Crippen LogP contribution in [-0.4, -0.2) is 68.3 Å². The molecule has 33 heavy (non-hydrogen) atoms. The van der Waals surface area contributed by atoms with E-state index >= 15 is 0 Å². The SMILES string of the molecule is CCCNC(=O)[C@H]1[C@@H]2SC3(CC2Br)C(C(=O)Nc2ccc(Cl)cc2)N(CCCCO)C(=O)[C@H]13. The van der Waals surface area contributed by atoms with Gasteiger partial charge < -0.3 is 20.6 Å². The third-order valence-corrected chi connectivity index (χ3v) is 10.3. The minimum Gasteiger partial charge on any atom is -0.396 e. The van der Waals surface area contributed by atoms with Crippen molar-refractivity contribution in [1.29, 1.82) is 0 Å². The first-order valence-electron chi connectivity index (χ1n) is 11.4. The van der Waals surface area contributed by atoms with Crippen molar-refractivity contribution in [3.8, 4) is 0 Å². The van der Waals surface area contributed by atoms with Gasteiger partial charge in [0.2, 0.25) is 17.7 Å². The summed E-state index contributed by atoms with van der Waals surface area (Å²) in [4.78, 5) is 42.2. The van der Waals surface area contributed by atoms with E-state index in [9.17, 15) is 19.5 Å². The van der Waals surface area contributed by atoms with Gasteiger partial charge in [0.05, 0.1) is 16.6 Å². The molecule has 6 atom stereocenters. The first-order valence-corrected chi connectivity index (χ1v) is 13.6. The molecule has 10 heteroatoms. The van der Waals surface area contributed by atoms with Crippen LogP contribution in [0.4, 0.5) is 5.69 Å². The highest BCUT2D eigenvalue weighted by Gasteiger charge is 2.75. The van der Waals surface area contributed by atoms with E-state index in [1.54, 1.807) is 40.9 Å². The lowest BCUT2D eigenvalue weighted by Gasteiger charge is -2.35. The van der Waals surface area contributed by atoms with Gasteiger partial charge in [-0.1, -0.05) is 34.5 Å². The van der Waals surface area contributed by atoms with Gasteiger partial charge in [0.1, 0.15) is 6.04 Å². The number of hydrogen-bond donors (Lipinski definition) is 3. The molecule has 3 saturated heterocycles. The van der Waals surface area contributed by atoms with Gasteiger partial charge in [0.15, 0.2) is 0 Å². The fraction of sp³-hybridized carbons (Fsp3) is 0.609. The van der Waals surface area contributed by atoms with Gasteiger partial charge in [-0.3, -0.25) is 14.4 Å². The Morgan fingerprint density at radius 2 is 2.00 bits per heavy atom. The second-order valence-electron chi connectivity index (χ2n) is 8.91. The van der Waals surface area contributed by atoms with Crippen molar-refractivity contribution >= 4 is 62.7 Å². The van der Waals surface area contributed by atoms with Crippen LogP contribution in [0.15, 0.2) is 24.3 Å². The molecule has 0 saturated carbocycles. The van der Waals surface area contributed by atoms with Crippen molar-refractivity contribution in [2.75, 3.05) is 25.0 Å². The van der Waals surface area contributed by atoms with Gasteiger partial charge >= 0.3 is 0 Å². The summed E-state index contributed by atoms with van der Waals surface area (Å²) in [6.45, 7) is 2.96. The highest BCUT2D eigenvalue weighted by molar-refractivity contribution is 9.09. The van der Waals surface area contributed by atoms with Crippen LogP contribution in [0.5, 0.6) is 0 Å². The van der Waals surface area contributed by atoms with Crippen molar-refractivity contribution in [2.24, 2.45) is 11.8 Å². The zero-order valence-corrected chi connectivity index (χ0v) is 21.6. The van der Waals surface area contributed by atoms with Crippen LogP contribution in [0.1, 0.15) is 32.6 Å². The number of rotatable bonds is 9. The third-order valence-electron chi connectivity index (χ3n) is 6.81. The number of amides is 3. The number of fused-ring (bicyclic) bond motifs is 1. The third kappa shape index (κ3) is 4.42. The maximum absolute atomic E-state index is 13.7. The molecular weight excluding hydrogens is 530 g/mol. The number of benzene rings is 1. The number of aliphatic hydroxyl groups excluding tert-OH is 1. The molecule has 3 amide bonds. The molecule has 1 spiro atoms. The quantitative estimate of drug-likeness (QED) is 0.320. The lowest BCUT2D eigenvalue weighted by Crippen LogP contribution is -2.53. The summed E-state index contributed by atoms with van der Waals surface area (Å²) in [5.41, 5.74) is 0.609. The van der Waals surface area contributed by atoms with Crippen LogP contribution >= 0.6 is 39.3 Å². The molecule has 0 aromatic heterocycles. The first-order chi connectivity index (χ1) is 15.8. The second kappa shape index (κ2) is 10.1. The number of anilines is 1. The number of alkyl halides is 1. The van der Waals surface area contributed by atoms with Crippen molar-refractivity contribution in [3.05, 3.63) is 29.3 Å². The number of carbonyl (C=O) groups is 3. The molecular formula is C23H29BrClN3O4S. The Hall–Kier alpha value is -1.29. The van der Waals surface area contributed by atoms with Gasteiger partial charge in [-0.05, 0) is 49.9 Å². The highest BCUT2D eigenvalue weighted by Crippen LogP contribution is 2.67. The largest absolute Gasteiger partial charge is 0.396 e. The molecule has 4 rings (SSSR count). The predicted octanol–water partition coefficient (Wildman–Crippen LogP) is 3.04. The fourth-order valence-corrected chi connectivity index (χ4v) is 9.21. The lowest BCUT2D eigenvalue weighted by atomic mass is 9.70. The maximum atomic E-state index is 13.7. The molecule has 1 aromatic rings. The smallest absolute Gasteiger partial charge is 0.248 e. The zero-order valence-electron chi connectivity index (χ0n) is 18.4. The number of nitrogens with zero attached hydrogens (tertiary/aromatic N) is 1. The second-order valence-corrected chi connectivity index (χ2v) is 12.1. The Labute approximate surface area is 211 Å². The van der Waals surface area contributed by atoms with E-state index in [4.69, 9.17) is 11.6 Å². The summed E-state index contributed by atoms with van der Waals surface area (Å²) < 4.78 is -0.667. The molecule has 3 unspecified atom stereocenters. The summed E-state index contributed by atoms with van der Waals surface area (Å²) in [6.07, 6.45) is 2.60. The minimum atomic E-state index is -0.691. The summed E-state index contributed by atoms with van der Waals surface area (Å²) in [5.74, 6) is -1.49. The Bertz CT molecular complexity index is 919. The normalized spacial score (nSPS) is 32.2. The molecule has 3 aliphatic heterocycles. The molecule has 3 heterocycles. The van der Waals surface area contributed by atoms with E-state index in [0.717, 1.165) is 6.42 Å². The molecule has 180 valence electrons. The van der Waals surface area contributed by atoms with Crippen molar-refractivity contribution in [2.45, 2.75) is 53.5 Å². The molecule has 3 aliphatic rings. The van der Waals surface area contributed by atoms with E-state index in [1.165, 1.54) is 0 Å². The molecule has 7 nitrogen and oxygen atoms in total. The Morgan fingerprint density at radius 3 is 2.67 bits per heavy atom. The molecule has 1 aromatic carbocycles. The summed E-state index contributed by atoms with van der Waals surface area (Å²) in [7, 11) is 0. The van der Waals surface area contributed by atoms with Crippen LogP contribution in [0, 0.1) is 11.8 Å². The number of nitrogens with one attached hydrogen (secondary N) is 2. The van der Waals surface area contributed by atoms with E-state index in [2.05, 4.69) is 26.6 Å². The van der Waals surface area contributed by atoms with Gasteiger partial charge in [0, 0.05) is 40.5 Å². The Balaban J connectivity index is 1.67. The van der Waals surface area contributed by atoms with Crippen LogP contribution in [-0.2, 0) is 14.4 Å². The topological polar surface area (TPSA) is 98.7 Å². The lowest BCUT2D eigenvalue weighted by molar-refractivity contribution is -0.139. The molecule has 2 bridgehead atoms. The van der Waals surface area contributed by atoms with Crippen LogP contribution in [0.25, 0.3) is 0 Å². The monoisotopic (exact) mass is 557 g/mol. The van der Waals surface area contributed by atoms with Crippen molar-refractivity contribution in [1.82, 2.24) is 10.2 Å². The fourth-order valence-electron chi connectivity index (χ4n) is 5.47. The van der Waals surface area contributed by atoms with Gasteiger partial charge in [-0.2, -0.15) is 0 Å². The number of thioether (sulfide) groups is 1. The maximum Gasteiger partial charge on any atom is 0.248 e. The highest BCUT2D eigenvalue weighted by atomic mass is 79.9. The number of hydrogen-bond acceptors (Lipinski definition) is 5. The molecule has 0 aliphatic carbocycles. The molecule has 0 radical (unpaired) electrons. The van der Waals surface area contributed by atoms with E-state index < -0.39 is 22.6 Å². The minimum absolute atomic E-state index is 0.0284. The van der Waals surface area contributed by atoms with Crippen molar-refractivity contribution in [3.63, 3.8) is 0 Å². The number of aliphatic hydroxyl groups is 1. The standard InChI is InChI=1S/C23H29BrClN3O4S/c1-2-9-26-20(30)16-17-22(32)28(10-3-4-11-29)19(23(17)12-15(24)18(16)33-23)21(31)27-14-7-5-13(25)6-8-14/h5-8,15-19,29H,2-4,9-12H2,1H3,(H,26,30)(H,27,31)/t15?,16-,17+,18-,19?,23?/m1/s1. The summed E-state index contributed by atoms with van der Waals surface area (Å²) >= 11 is 11.3. The number of halogens is 2. The Morgan fingerprint density at radius 1 is 1.27 bits per heavy atom. The van der Waals surface area contributed by atoms with E-state index in [-0.39, 0.29) is 34.4 Å². The van der Waals surface area contributed by atoms with E-state index in [0.29, 0.717) is 43.1 Å². The first kappa shape index (κ1) is 24.8. The van der Waals surface area contributed by atoms with Crippen LogP contribution in [0.3, 0.4) is 0 Å². The van der Waals surface area contributed by atoms with Gasteiger partial charge in [0.25, 0.3) is 0 Å². The number of unbranched alkanes of at least 4 members (excludes halogenated alkanes) is 1. The molecule has 3 fully saturated rings. The average Bonchev–Trinajstić information content (AvgIpc) is 3.37. The summed E-state index contributed by atoms with van der Waals surface area (Å²) in [5, 5.41) is 15.7. The van der Waals surface area contributed by atoms with Gasteiger partial charge in [-0.25, -0.2) is 0 Å². The number of carbonyl (C=O) groups excluding carboxylic acids is 3. The van der Waals surface area contributed by atoms with Crippen molar-refractivity contribution < 1.29 is 19.5 Å².